The summed E-state index contributed by atoms with van der Waals surface area (Å²) in [6.07, 6.45) is 5.21. The van der Waals surface area contributed by atoms with Crippen LogP contribution in [0.3, 0.4) is 0 Å². The van der Waals surface area contributed by atoms with Crippen molar-refractivity contribution in [2.75, 3.05) is 6.54 Å². The Bertz CT molecular complexity index is 307. The lowest BCUT2D eigenvalue weighted by atomic mass is 10.2. The Morgan fingerprint density at radius 3 is 2.35 bits per heavy atom. The molecule has 0 radical (unpaired) electrons. The maximum atomic E-state index is 11.6. The average Bonchev–Trinajstić information content (AvgIpc) is 2.25. The first kappa shape index (κ1) is 15.5. The molecule has 17 heavy (non-hydrogen) atoms. The van der Waals surface area contributed by atoms with Gasteiger partial charge in [0.2, 0.25) is 11.8 Å². The summed E-state index contributed by atoms with van der Waals surface area (Å²) in [5, 5.41) is 5.24. The van der Waals surface area contributed by atoms with E-state index in [1.807, 2.05) is 13.8 Å². The summed E-state index contributed by atoms with van der Waals surface area (Å²) in [6.45, 7) is 6.17. The molecule has 0 aromatic rings. The van der Waals surface area contributed by atoms with Crippen LogP contribution in [0.25, 0.3) is 0 Å². The van der Waals surface area contributed by atoms with Crippen LogP contribution in [0.1, 0.15) is 27.2 Å². The molecule has 2 unspecified atom stereocenters. The molecule has 2 amide bonds. The molecule has 5 nitrogen and oxygen atoms in total. The van der Waals surface area contributed by atoms with E-state index in [2.05, 4.69) is 16.6 Å². The highest BCUT2D eigenvalue weighted by Gasteiger charge is 2.19. The topological polar surface area (TPSA) is 84.2 Å². The van der Waals surface area contributed by atoms with E-state index < -0.39 is 18.0 Å². The predicted molar refractivity (Wildman–Crippen MR) is 66.9 cm³/mol. The molecule has 0 aromatic heterocycles. The molecule has 4 N–H and O–H groups in total. The molecule has 0 fully saturated rings. The van der Waals surface area contributed by atoms with E-state index >= 15 is 0 Å². The van der Waals surface area contributed by atoms with Crippen molar-refractivity contribution < 1.29 is 9.59 Å². The highest BCUT2D eigenvalue weighted by molar-refractivity contribution is 5.89. The number of hydrogen-bond acceptors (Lipinski definition) is 3. The Morgan fingerprint density at radius 1 is 1.29 bits per heavy atom. The minimum Gasteiger partial charge on any atom is -0.354 e. The lowest BCUT2D eigenvalue weighted by Crippen LogP contribution is -2.50. The second kappa shape index (κ2) is 7.69. The Hall–Kier alpha value is -1.54. The summed E-state index contributed by atoms with van der Waals surface area (Å²) < 4.78 is 0. The zero-order valence-electron chi connectivity index (χ0n) is 10.6. The summed E-state index contributed by atoms with van der Waals surface area (Å²) in [7, 11) is 0. The van der Waals surface area contributed by atoms with Crippen molar-refractivity contribution in [2.24, 2.45) is 11.7 Å². The van der Waals surface area contributed by atoms with Crippen molar-refractivity contribution in [3.8, 4) is 12.3 Å². The Morgan fingerprint density at radius 2 is 1.88 bits per heavy atom. The fraction of sp³-hybridized carbons (Fsp3) is 0.667. The van der Waals surface area contributed by atoms with E-state index in [4.69, 9.17) is 12.2 Å². The molecule has 2 atom stereocenters. The Balaban J connectivity index is 4.08. The largest absolute Gasteiger partial charge is 0.354 e. The standard InChI is InChI=1S/C12H21N3O2/c1-5-6-10(13)12(17)15-9(4)11(16)14-7-8(2)3/h1,8-10H,6-7,13H2,2-4H3,(H,14,16)(H,15,17). The van der Waals surface area contributed by atoms with Gasteiger partial charge in [-0.25, -0.2) is 0 Å². The lowest BCUT2D eigenvalue weighted by Gasteiger charge is -2.17. The van der Waals surface area contributed by atoms with Crippen LogP contribution in [0, 0.1) is 18.3 Å². The molecule has 0 bridgehead atoms. The second-order valence-electron chi connectivity index (χ2n) is 4.38. The zero-order valence-corrected chi connectivity index (χ0v) is 10.6. The quantitative estimate of drug-likeness (QED) is 0.552. The predicted octanol–water partition coefficient (Wildman–Crippen LogP) is -0.386. The summed E-state index contributed by atoms with van der Waals surface area (Å²) in [5.41, 5.74) is 5.51. The highest BCUT2D eigenvalue weighted by Crippen LogP contribution is 1.91. The molecule has 0 rings (SSSR count). The van der Waals surface area contributed by atoms with Crippen molar-refractivity contribution in [3.63, 3.8) is 0 Å². The van der Waals surface area contributed by atoms with Crippen LogP contribution in [0.2, 0.25) is 0 Å². The van der Waals surface area contributed by atoms with Gasteiger partial charge in [0.15, 0.2) is 0 Å². The van der Waals surface area contributed by atoms with Crippen LogP contribution in [0.4, 0.5) is 0 Å². The van der Waals surface area contributed by atoms with E-state index in [0.29, 0.717) is 12.5 Å². The smallest absolute Gasteiger partial charge is 0.242 e. The van der Waals surface area contributed by atoms with Gasteiger partial charge in [0.1, 0.15) is 6.04 Å². The van der Waals surface area contributed by atoms with Gasteiger partial charge in [-0.1, -0.05) is 13.8 Å². The van der Waals surface area contributed by atoms with Gasteiger partial charge in [-0.15, -0.1) is 12.3 Å². The van der Waals surface area contributed by atoms with Crippen molar-refractivity contribution >= 4 is 11.8 Å². The van der Waals surface area contributed by atoms with Crippen molar-refractivity contribution in [1.82, 2.24) is 10.6 Å². The molecular weight excluding hydrogens is 218 g/mol. The van der Waals surface area contributed by atoms with E-state index in [9.17, 15) is 9.59 Å². The third kappa shape index (κ3) is 6.59. The molecule has 0 aliphatic carbocycles. The van der Waals surface area contributed by atoms with E-state index in [1.165, 1.54) is 0 Å². The molecule has 0 aliphatic rings. The number of nitrogens with two attached hydrogens (primary N) is 1. The fourth-order valence-corrected chi connectivity index (χ4v) is 1.06. The number of terminal acetylenes is 1. The van der Waals surface area contributed by atoms with Gasteiger partial charge in [-0.2, -0.15) is 0 Å². The number of rotatable bonds is 6. The highest BCUT2D eigenvalue weighted by atomic mass is 16.2. The van der Waals surface area contributed by atoms with E-state index in [1.54, 1.807) is 6.92 Å². The van der Waals surface area contributed by atoms with Crippen molar-refractivity contribution in [3.05, 3.63) is 0 Å². The molecule has 0 saturated carbocycles. The average molecular weight is 239 g/mol. The molecule has 0 aromatic carbocycles. The van der Waals surface area contributed by atoms with Crippen molar-refractivity contribution in [1.29, 1.82) is 0 Å². The number of carbonyl (C=O) groups excluding carboxylic acids is 2. The summed E-state index contributed by atoms with van der Waals surface area (Å²) in [6, 6.07) is -1.37. The maximum absolute atomic E-state index is 11.6. The first-order chi connectivity index (χ1) is 7.88. The van der Waals surface area contributed by atoms with Gasteiger partial charge in [0, 0.05) is 13.0 Å². The van der Waals surface area contributed by atoms with Gasteiger partial charge < -0.3 is 16.4 Å². The third-order valence-electron chi connectivity index (χ3n) is 2.11. The van der Waals surface area contributed by atoms with Crippen LogP contribution in [0.5, 0.6) is 0 Å². The van der Waals surface area contributed by atoms with E-state index in [0.717, 1.165) is 0 Å². The molecule has 0 spiro atoms. The monoisotopic (exact) mass is 239 g/mol. The van der Waals surface area contributed by atoms with Gasteiger partial charge in [-0.05, 0) is 12.8 Å². The van der Waals surface area contributed by atoms with Crippen LogP contribution < -0.4 is 16.4 Å². The summed E-state index contributed by atoms with van der Waals surface area (Å²) >= 11 is 0. The molecule has 96 valence electrons. The molecule has 0 heterocycles. The molecular formula is C12H21N3O2. The minimum atomic E-state index is -0.764. The van der Waals surface area contributed by atoms with E-state index in [-0.39, 0.29) is 12.3 Å². The van der Waals surface area contributed by atoms with Crippen LogP contribution in [-0.4, -0.2) is 30.4 Å². The second-order valence-corrected chi connectivity index (χ2v) is 4.38. The first-order valence-corrected chi connectivity index (χ1v) is 5.65. The lowest BCUT2D eigenvalue weighted by molar-refractivity contribution is -0.129. The van der Waals surface area contributed by atoms with Gasteiger partial charge in [-0.3, -0.25) is 9.59 Å². The zero-order chi connectivity index (χ0) is 13.4. The van der Waals surface area contributed by atoms with Gasteiger partial charge >= 0.3 is 0 Å². The number of hydrogen-bond donors (Lipinski definition) is 3. The molecule has 5 heteroatoms. The number of amides is 2. The Labute approximate surface area is 103 Å². The summed E-state index contributed by atoms with van der Waals surface area (Å²) in [4.78, 5) is 23.0. The number of carbonyl (C=O) groups is 2. The van der Waals surface area contributed by atoms with Crippen LogP contribution in [0.15, 0.2) is 0 Å². The minimum absolute atomic E-state index is 0.159. The van der Waals surface area contributed by atoms with Crippen LogP contribution >= 0.6 is 0 Å². The van der Waals surface area contributed by atoms with Gasteiger partial charge in [0.25, 0.3) is 0 Å². The molecule has 0 saturated heterocycles. The number of nitrogens with one attached hydrogen (secondary N) is 2. The van der Waals surface area contributed by atoms with Crippen LogP contribution in [-0.2, 0) is 9.59 Å². The van der Waals surface area contributed by atoms with Crippen molar-refractivity contribution in [2.45, 2.75) is 39.3 Å². The molecule has 0 aliphatic heterocycles. The third-order valence-corrected chi connectivity index (χ3v) is 2.11. The summed E-state index contributed by atoms with van der Waals surface area (Å²) in [5.74, 6) is 2.04. The Kier molecular flexibility index (Phi) is 6.99. The SMILES string of the molecule is C#CCC(N)C(=O)NC(C)C(=O)NCC(C)C. The maximum Gasteiger partial charge on any atom is 0.242 e. The normalized spacial score (nSPS) is 13.6. The fourth-order valence-electron chi connectivity index (χ4n) is 1.06. The first-order valence-electron chi connectivity index (χ1n) is 5.65. The van der Waals surface area contributed by atoms with Gasteiger partial charge in [0.05, 0.1) is 6.04 Å².